The van der Waals surface area contributed by atoms with Crippen molar-refractivity contribution >= 4 is 42.2 Å². The Morgan fingerprint density at radius 1 is 1.53 bits per heavy atom. The number of carbonyl (C=O) groups is 1. The summed E-state index contributed by atoms with van der Waals surface area (Å²) in [6.45, 7) is 8.69. The summed E-state index contributed by atoms with van der Waals surface area (Å²) >= 11 is 3.43. The number of hydrogen-bond acceptors (Lipinski definition) is 4. The number of hydrogen-bond donors (Lipinski definition) is 1. The monoisotopic (exact) mass is 288 g/mol. The van der Waals surface area contributed by atoms with Gasteiger partial charge < -0.3 is 5.32 Å². The van der Waals surface area contributed by atoms with Gasteiger partial charge in [-0.2, -0.15) is 11.8 Å². The third-order valence-electron chi connectivity index (χ3n) is 2.08. The van der Waals surface area contributed by atoms with Crippen LogP contribution >= 0.6 is 23.1 Å². The first-order valence-electron chi connectivity index (χ1n) is 5.66. The van der Waals surface area contributed by atoms with Crippen LogP contribution in [-0.4, -0.2) is 24.7 Å². The topological polar surface area (TPSA) is 42.0 Å². The predicted molar refractivity (Wildman–Crippen MR) is 80.7 cm³/mol. The van der Waals surface area contributed by atoms with E-state index in [1.165, 1.54) is 30.1 Å². The summed E-state index contributed by atoms with van der Waals surface area (Å²) in [4.78, 5) is 15.2. The Labute approximate surface area is 112 Å². The van der Waals surface area contributed by atoms with Crippen LogP contribution < -0.4 is 5.32 Å². The molecule has 0 saturated heterocycles. The summed E-state index contributed by atoms with van der Waals surface area (Å²) in [6, 6.07) is 1.35. The van der Waals surface area contributed by atoms with E-state index >= 15 is 0 Å². The maximum atomic E-state index is 10.8. The normalized spacial score (nSPS) is 11.5. The highest BCUT2D eigenvalue weighted by molar-refractivity contribution is 7.98. The fraction of sp³-hybridized carbons (Fsp3) is 0.636. The smallest absolute Gasteiger partial charge is 0.223 e. The predicted octanol–water partition coefficient (Wildman–Crippen LogP) is 3.67. The lowest BCUT2D eigenvalue weighted by Gasteiger charge is -2.14. The van der Waals surface area contributed by atoms with Crippen LogP contribution in [-0.2, 0) is 10.5 Å². The fourth-order valence-electron chi connectivity index (χ4n) is 1.14. The number of rotatable bonds is 6. The lowest BCUT2D eigenvalue weighted by Crippen LogP contribution is -2.19. The van der Waals surface area contributed by atoms with Crippen molar-refractivity contribution in [1.29, 1.82) is 0 Å². The van der Waals surface area contributed by atoms with Crippen LogP contribution in [0.4, 0.5) is 5.13 Å². The molecule has 17 heavy (non-hydrogen) atoms. The third-order valence-corrected chi connectivity index (χ3v) is 5.99. The molecule has 0 aliphatic rings. The largest absolute Gasteiger partial charge is 0.302 e. The average Bonchev–Trinajstić information content (AvgIpc) is 2.58. The Hall–Kier alpha value is -0.333. The first-order chi connectivity index (χ1) is 7.87. The molecule has 0 aliphatic heterocycles. The Bertz CT molecular complexity index is 374. The number of thiazole rings is 1. The summed E-state index contributed by atoms with van der Waals surface area (Å²) in [5.41, 5.74) is 1.07. The van der Waals surface area contributed by atoms with E-state index < -0.39 is 8.07 Å². The van der Waals surface area contributed by atoms with Gasteiger partial charge in [0.2, 0.25) is 5.91 Å². The number of amides is 1. The highest BCUT2D eigenvalue weighted by atomic mass is 32.2. The Morgan fingerprint density at radius 2 is 2.24 bits per heavy atom. The van der Waals surface area contributed by atoms with Crippen LogP contribution in [0, 0.1) is 0 Å². The van der Waals surface area contributed by atoms with Gasteiger partial charge in [0, 0.05) is 26.1 Å². The van der Waals surface area contributed by atoms with E-state index in [4.69, 9.17) is 0 Å². The van der Waals surface area contributed by atoms with Gasteiger partial charge in [0.1, 0.15) is 0 Å². The van der Waals surface area contributed by atoms with Gasteiger partial charge in [-0.25, -0.2) is 4.98 Å². The van der Waals surface area contributed by atoms with E-state index in [0.717, 1.165) is 11.4 Å². The third kappa shape index (κ3) is 6.85. The van der Waals surface area contributed by atoms with Gasteiger partial charge in [-0.1, -0.05) is 19.6 Å². The van der Waals surface area contributed by atoms with E-state index in [1.54, 1.807) is 0 Å². The van der Waals surface area contributed by atoms with Gasteiger partial charge >= 0.3 is 0 Å². The molecule has 0 saturated carbocycles. The molecule has 0 bridgehead atoms. The molecule has 0 aliphatic carbocycles. The van der Waals surface area contributed by atoms with Crippen LogP contribution in [0.5, 0.6) is 0 Å². The SMILES string of the molecule is CC(=O)Nc1nc(CSCC[Si](C)(C)C)cs1. The molecular weight excluding hydrogens is 268 g/mol. The van der Waals surface area contributed by atoms with Gasteiger partial charge in [0.15, 0.2) is 5.13 Å². The van der Waals surface area contributed by atoms with E-state index in [1.807, 2.05) is 17.1 Å². The molecule has 1 N–H and O–H groups in total. The van der Waals surface area contributed by atoms with Crippen LogP contribution in [0.1, 0.15) is 12.6 Å². The minimum Gasteiger partial charge on any atom is -0.302 e. The zero-order chi connectivity index (χ0) is 12.9. The molecule has 6 heteroatoms. The van der Waals surface area contributed by atoms with Gasteiger partial charge in [0.05, 0.1) is 5.69 Å². The van der Waals surface area contributed by atoms with Crippen molar-refractivity contribution in [2.24, 2.45) is 0 Å². The Kier molecular flexibility index (Phi) is 5.68. The Morgan fingerprint density at radius 3 is 2.82 bits per heavy atom. The number of nitrogens with one attached hydrogen (secondary N) is 1. The summed E-state index contributed by atoms with van der Waals surface area (Å²) in [5, 5.41) is 5.43. The van der Waals surface area contributed by atoms with Crippen LogP contribution in [0.3, 0.4) is 0 Å². The van der Waals surface area contributed by atoms with Crippen molar-refractivity contribution in [3.63, 3.8) is 0 Å². The molecule has 1 amide bonds. The highest BCUT2D eigenvalue weighted by Crippen LogP contribution is 2.21. The zero-order valence-electron chi connectivity index (χ0n) is 10.9. The number of anilines is 1. The summed E-state index contributed by atoms with van der Waals surface area (Å²) in [7, 11) is -0.908. The lowest BCUT2D eigenvalue weighted by molar-refractivity contribution is -0.114. The van der Waals surface area contributed by atoms with Crippen molar-refractivity contribution in [2.45, 2.75) is 38.4 Å². The second-order valence-electron chi connectivity index (χ2n) is 5.19. The maximum Gasteiger partial charge on any atom is 0.223 e. The molecule has 96 valence electrons. The number of carbonyl (C=O) groups excluding carboxylic acids is 1. The molecule has 1 rings (SSSR count). The molecule has 1 aromatic rings. The maximum absolute atomic E-state index is 10.8. The molecular formula is C11H20N2OS2Si. The molecule has 1 aromatic heterocycles. The molecule has 0 atom stereocenters. The minimum absolute atomic E-state index is 0.0581. The van der Waals surface area contributed by atoms with Crippen LogP contribution in [0.2, 0.25) is 25.7 Å². The van der Waals surface area contributed by atoms with Crippen molar-refractivity contribution in [3.8, 4) is 0 Å². The second-order valence-corrected chi connectivity index (χ2v) is 12.8. The fourth-order valence-corrected chi connectivity index (χ4v) is 5.53. The van der Waals surface area contributed by atoms with Crippen molar-refractivity contribution in [1.82, 2.24) is 4.98 Å². The van der Waals surface area contributed by atoms with Gasteiger partial charge in [-0.15, -0.1) is 11.3 Å². The quantitative estimate of drug-likeness (QED) is 0.641. The second kappa shape index (κ2) is 6.56. The van der Waals surface area contributed by atoms with Crippen molar-refractivity contribution < 1.29 is 4.79 Å². The van der Waals surface area contributed by atoms with E-state index in [9.17, 15) is 4.79 Å². The molecule has 0 spiro atoms. The summed E-state index contributed by atoms with van der Waals surface area (Å²) in [5.74, 6) is 2.10. The van der Waals surface area contributed by atoms with E-state index in [2.05, 4.69) is 29.9 Å². The number of aromatic nitrogens is 1. The van der Waals surface area contributed by atoms with Gasteiger partial charge in [0.25, 0.3) is 0 Å². The van der Waals surface area contributed by atoms with Gasteiger partial charge in [-0.05, 0) is 11.8 Å². The van der Waals surface area contributed by atoms with E-state index in [-0.39, 0.29) is 5.91 Å². The van der Waals surface area contributed by atoms with E-state index in [0.29, 0.717) is 5.13 Å². The minimum atomic E-state index is -0.908. The molecule has 1 heterocycles. The van der Waals surface area contributed by atoms with Crippen LogP contribution in [0.25, 0.3) is 0 Å². The number of nitrogens with zero attached hydrogens (tertiary/aromatic N) is 1. The molecule has 0 unspecified atom stereocenters. The van der Waals surface area contributed by atoms with Crippen LogP contribution in [0.15, 0.2) is 5.38 Å². The molecule has 3 nitrogen and oxygen atoms in total. The summed E-state index contributed by atoms with van der Waals surface area (Å²) < 4.78 is 0. The Balaban J connectivity index is 2.28. The first kappa shape index (κ1) is 14.7. The average molecular weight is 289 g/mol. The van der Waals surface area contributed by atoms with Crippen molar-refractivity contribution in [3.05, 3.63) is 11.1 Å². The highest BCUT2D eigenvalue weighted by Gasteiger charge is 2.12. The lowest BCUT2D eigenvalue weighted by atomic mass is 10.6. The standard InChI is InChI=1S/C11H20N2OS2Si/c1-9(14)12-11-13-10(8-16-11)7-15-5-6-17(2,3)4/h8H,5-7H2,1-4H3,(H,12,13,14). The van der Waals surface area contributed by atoms with Gasteiger partial charge in [-0.3, -0.25) is 4.79 Å². The number of thioether (sulfide) groups is 1. The molecule has 0 radical (unpaired) electrons. The summed E-state index contributed by atoms with van der Waals surface area (Å²) in [6.07, 6.45) is 0. The molecule has 0 fully saturated rings. The zero-order valence-corrected chi connectivity index (χ0v) is 13.5. The molecule has 0 aromatic carbocycles. The van der Waals surface area contributed by atoms with Crippen molar-refractivity contribution in [2.75, 3.05) is 11.1 Å². The first-order valence-corrected chi connectivity index (χ1v) is 11.4.